The zero-order valence-electron chi connectivity index (χ0n) is 17.1. The molecule has 1 fully saturated rings. The van der Waals surface area contributed by atoms with Crippen LogP contribution in [-0.2, 0) is 13.1 Å². The van der Waals surface area contributed by atoms with Crippen molar-refractivity contribution in [3.05, 3.63) is 63.7 Å². The van der Waals surface area contributed by atoms with E-state index in [1.807, 2.05) is 6.07 Å². The molecule has 2 aromatic heterocycles. The number of nitrogens with one attached hydrogen (secondary N) is 3. The van der Waals surface area contributed by atoms with Crippen LogP contribution >= 0.6 is 23.7 Å². The number of carbonyl (C=O) groups excluding carboxylic acids is 1. The highest BCUT2D eigenvalue weighted by Crippen LogP contribution is 2.34. The van der Waals surface area contributed by atoms with Crippen LogP contribution in [0.5, 0.6) is 0 Å². The molecule has 3 N–H and O–H groups in total. The van der Waals surface area contributed by atoms with Gasteiger partial charge in [0.2, 0.25) is 0 Å². The fourth-order valence-electron chi connectivity index (χ4n) is 3.81. The van der Waals surface area contributed by atoms with Crippen molar-refractivity contribution in [2.75, 3.05) is 5.32 Å². The highest BCUT2D eigenvalue weighted by Gasteiger charge is 2.19. The van der Waals surface area contributed by atoms with Gasteiger partial charge in [-0.15, -0.1) is 23.7 Å². The highest BCUT2D eigenvalue weighted by atomic mass is 35.5. The molecule has 0 spiro atoms. The molecule has 0 radical (unpaired) electrons. The van der Waals surface area contributed by atoms with Crippen molar-refractivity contribution in [3.8, 4) is 23.0 Å². The quantitative estimate of drug-likeness (QED) is 0.385. The van der Waals surface area contributed by atoms with Crippen LogP contribution in [0.25, 0.3) is 22.0 Å². The van der Waals surface area contributed by atoms with Crippen LogP contribution in [0.15, 0.2) is 41.9 Å². The van der Waals surface area contributed by atoms with E-state index in [1.54, 1.807) is 11.6 Å². The van der Waals surface area contributed by atoms with E-state index in [9.17, 15) is 4.79 Å². The average molecular weight is 462 g/mol. The number of halogens is 1. The van der Waals surface area contributed by atoms with Gasteiger partial charge in [0, 0.05) is 35.3 Å². The van der Waals surface area contributed by atoms with Gasteiger partial charge in [0.05, 0.1) is 17.4 Å². The van der Waals surface area contributed by atoms with Crippen LogP contribution in [-0.4, -0.2) is 21.1 Å². The maximum atomic E-state index is 13.0. The number of amides is 1. The van der Waals surface area contributed by atoms with Gasteiger partial charge in [-0.1, -0.05) is 18.1 Å². The molecule has 2 aromatic carbocycles. The lowest BCUT2D eigenvalue weighted by molar-refractivity contribution is 0.102. The van der Waals surface area contributed by atoms with Crippen LogP contribution in [0.2, 0.25) is 0 Å². The summed E-state index contributed by atoms with van der Waals surface area (Å²) < 4.78 is 0. The Kier molecular flexibility index (Phi) is 5.43. The monoisotopic (exact) mass is 461 g/mol. The number of benzene rings is 2. The Bertz CT molecular complexity index is 1390. The van der Waals surface area contributed by atoms with E-state index in [-0.39, 0.29) is 18.3 Å². The SMILES string of the molecule is Cl.O=C(Nc1cc2[nH]ncc2cc1-c1ccc2c(c1)CNC2)c1csc(C#CC2CC2)n1. The summed E-state index contributed by atoms with van der Waals surface area (Å²) in [5, 5.41) is 17.0. The van der Waals surface area contributed by atoms with E-state index in [1.165, 1.54) is 35.3 Å². The molecule has 1 amide bonds. The number of nitrogens with zero attached hydrogens (tertiary/aromatic N) is 2. The average Bonchev–Trinajstić information content (AvgIpc) is 3.17. The van der Waals surface area contributed by atoms with Crippen molar-refractivity contribution >= 4 is 46.2 Å². The van der Waals surface area contributed by atoms with E-state index >= 15 is 0 Å². The lowest BCUT2D eigenvalue weighted by atomic mass is 9.98. The lowest BCUT2D eigenvalue weighted by Gasteiger charge is -2.12. The molecular weight excluding hydrogens is 442 g/mol. The molecule has 4 aromatic rings. The Morgan fingerprint density at radius 3 is 2.91 bits per heavy atom. The second-order valence-electron chi connectivity index (χ2n) is 7.98. The first-order valence-corrected chi connectivity index (χ1v) is 11.2. The predicted molar refractivity (Wildman–Crippen MR) is 129 cm³/mol. The maximum absolute atomic E-state index is 13.0. The second-order valence-corrected chi connectivity index (χ2v) is 8.84. The third-order valence-corrected chi connectivity index (χ3v) is 6.43. The number of aromatic amines is 1. The van der Waals surface area contributed by atoms with Gasteiger partial charge in [-0.3, -0.25) is 9.89 Å². The molecule has 160 valence electrons. The number of H-pyrrole nitrogens is 1. The van der Waals surface area contributed by atoms with Gasteiger partial charge in [-0.05, 0) is 53.7 Å². The van der Waals surface area contributed by atoms with Crippen LogP contribution in [0.3, 0.4) is 0 Å². The molecule has 8 heteroatoms. The summed E-state index contributed by atoms with van der Waals surface area (Å²) in [6, 6.07) is 10.5. The predicted octanol–water partition coefficient (Wildman–Crippen LogP) is 4.73. The normalized spacial score (nSPS) is 14.4. The van der Waals surface area contributed by atoms with Gasteiger partial charge in [0.1, 0.15) is 5.69 Å². The number of rotatable bonds is 3. The molecule has 32 heavy (non-hydrogen) atoms. The largest absolute Gasteiger partial charge is 0.320 e. The number of carbonyl (C=O) groups is 1. The first-order valence-electron chi connectivity index (χ1n) is 10.3. The molecule has 1 saturated carbocycles. The molecule has 6 rings (SSSR count). The van der Waals surface area contributed by atoms with Crippen LogP contribution in [0.1, 0.15) is 39.5 Å². The highest BCUT2D eigenvalue weighted by molar-refractivity contribution is 7.10. The Balaban J connectivity index is 0.00000216. The van der Waals surface area contributed by atoms with Gasteiger partial charge in [-0.2, -0.15) is 5.10 Å². The van der Waals surface area contributed by atoms with Gasteiger partial charge in [0.25, 0.3) is 5.91 Å². The van der Waals surface area contributed by atoms with E-state index in [0.29, 0.717) is 16.6 Å². The number of aromatic nitrogens is 3. The van der Waals surface area contributed by atoms with E-state index in [0.717, 1.165) is 40.8 Å². The summed E-state index contributed by atoms with van der Waals surface area (Å²) in [7, 11) is 0. The van der Waals surface area contributed by atoms with Gasteiger partial charge in [0.15, 0.2) is 5.01 Å². The molecule has 1 aliphatic heterocycles. The van der Waals surface area contributed by atoms with Crippen molar-refractivity contribution in [1.82, 2.24) is 20.5 Å². The number of thiazole rings is 1. The maximum Gasteiger partial charge on any atom is 0.275 e. The smallest absolute Gasteiger partial charge is 0.275 e. The minimum atomic E-state index is -0.237. The Morgan fingerprint density at radius 2 is 2.03 bits per heavy atom. The third kappa shape index (κ3) is 4.00. The summed E-state index contributed by atoms with van der Waals surface area (Å²) in [5.74, 6) is 6.55. The molecule has 0 bridgehead atoms. The molecule has 2 aliphatic rings. The van der Waals surface area contributed by atoms with Crippen molar-refractivity contribution in [2.24, 2.45) is 5.92 Å². The molecule has 0 unspecified atom stereocenters. The molecular formula is C24H20ClN5OS. The van der Waals surface area contributed by atoms with Crippen molar-refractivity contribution in [3.63, 3.8) is 0 Å². The molecule has 0 atom stereocenters. The van der Waals surface area contributed by atoms with Gasteiger partial charge < -0.3 is 10.6 Å². The second kappa shape index (κ2) is 8.40. The number of fused-ring (bicyclic) bond motifs is 2. The molecule has 6 nitrogen and oxygen atoms in total. The van der Waals surface area contributed by atoms with E-state index < -0.39 is 0 Å². The Labute approximate surface area is 195 Å². The lowest BCUT2D eigenvalue weighted by Crippen LogP contribution is -2.13. The number of hydrogen-bond donors (Lipinski definition) is 3. The van der Waals surface area contributed by atoms with Crippen molar-refractivity contribution in [2.45, 2.75) is 25.9 Å². The summed E-state index contributed by atoms with van der Waals surface area (Å²) in [4.78, 5) is 17.4. The van der Waals surface area contributed by atoms with Crippen LogP contribution in [0, 0.1) is 17.8 Å². The molecule has 0 saturated heterocycles. The Morgan fingerprint density at radius 1 is 1.16 bits per heavy atom. The first kappa shape index (κ1) is 20.7. The molecule has 3 heterocycles. The fourth-order valence-corrected chi connectivity index (χ4v) is 4.46. The van der Waals surface area contributed by atoms with Crippen LogP contribution < -0.4 is 10.6 Å². The van der Waals surface area contributed by atoms with Crippen molar-refractivity contribution in [1.29, 1.82) is 0 Å². The minimum absolute atomic E-state index is 0. The zero-order chi connectivity index (χ0) is 20.8. The third-order valence-electron chi connectivity index (χ3n) is 5.67. The zero-order valence-corrected chi connectivity index (χ0v) is 18.7. The van der Waals surface area contributed by atoms with Gasteiger partial charge >= 0.3 is 0 Å². The number of anilines is 1. The summed E-state index contributed by atoms with van der Waals surface area (Å²) in [5.41, 5.74) is 6.62. The fraction of sp³-hybridized carbons (Fsp3) is 0.208. The van der Waals surface area contributed by atoms with E-state index in [2.05, 4.69) is 61.9 Å². The Hall–Kier alpha value is -3.18. The van der Waals surface area contributed by atoms with Gasteiger partial charge in [-0.25, -0.2) is 4.98 Å². The standard InChI is InChI=1S/C24H19N5OS.ClH/c30-24(22-13-31-23(27-22)6-3-14-1-2-14)28-21-9-20-18(12-26-29-20)8-19(21)15-4-5-16-10-25-11-17(16)7-15;/h4-5,7-9,12-14,25H,1-2,10-11H2,(H,26,29)(H,28,30);1H. The minimum Gasteiger partial charge on any atom is -0.320 e. The van der Waals surface area contributed by atoms with Crippen LogP contribution in [0.4, 0.5) is 5.69 Å². The van der Waals surface area contributed by atoms with Crippen molar-refractivity contribution < 1.29 is 4.79 Å². The topological polar surface area (TPSA) is 82.7 Å². The molecule has 1 aliphatic carbocycles. The van der Waals surface area contributed by atoms with E-state index in [4.69, 9.17) is 0 Å². The summed E-state index contributed by atoms with van der Waals surface area (Å²) >= 11 is 1.41. The summed E-state index contributed by atoms with van der Waals surface area (Å²) in [6.07, 6.45) is 4.14. The first-order chi connectivity index (χ1) is 15.2. The number of hydrogen-bond acceptors (Lipinski definition) is 5. The summed E-state index contributed by atoms with van der Waals surface area (Å²) in [6.45, 7) is 1.76.